The second kappa shape index (κ2) is 9.61. The van der Waals surface area contributed by atoms with Crippen molar-refractivity contribution in [2.45, 2.75) is 65.4 Å². The van der Waals surface area contributed by atoms with Crippen LogP contribution in [0.5, 0.6) is 0 Å². The SMILES string of the molecule is ClC(Cl)(Cl)CCCCCCCCCC(Cl)(Cl)Cl. The summed E-state index contributed by atoms with van der Waals surface area (Å²) in [6.45, 7) is 0. The lowest BCUT2D eigenvalue weighted by Gasteiger charge is -2.10. The molecule has 0 heterocycles. The molecule has 17 heavy (non-hydrogen) atoms. The minimum Gasteiger partial charge on any atom is -0.0837 e. The lowest BCUT2D eigenvalue weighted by atomic mass is 10.1. The van der Waals surface area contributed by atoms with Crippen LogP contribution in [0.3, 0.4) is 0 Å². The molecule has 0 aromatic carbocycles. The number of halogens is 6. The van der Waals surface area contributed by atoms with E-state index in [1.54, 1.807) is 0 Å². The molecule has 0 rings (SSSR count). The van der Waals surface area contributed by atoms with Crippen molar-refractivity contribution in [1.82, 2.24) is 0 Å². The van der Waals surface area contributed by atoms with E-state index in [1.165, 1.54) is 19.3 Å². The molecule has 0 atom stereocenters. The Balaban J connectivity index is 3.15. The first-order valence-corrected chi connectivity index (χ1v) is 8.11. The number of hydrogen-bond donors (Lipinski definition) is 0. The molecule has 0 bridgehead atoms. The van der Waals surface area contributed by atoms with Gasteiger partial charge in [0, 0.05) is 0 Å². The van der Waals surface area contributed by atoms with E-state index < -0.39 is 7.59 Å². The summed E-state index contributed by atoms with van der Waals surface area (Å²) in [4.78, 5) is 0. The molecule has 0 fully saturated rings. The average molecular weight is 363 g/mol. The van der Waals surface area contributed by atoms with Crippen molar-refractivity contribution in [3.63, 3.8) is 0 Å². The van der Waals surface area contributed by atoms with Crippen LogP contribution in [0, 0.1) is 0 Å². The van der Waals surface area contributed by atoms with Gasteiger partial charge >= 0.3 is 0 Å². The molecule has 0 aliphatic carbocycles. The Morgan fingerprint density at radius 3 is 0.882 bits per heavy atom. The van der Waals surface area contributed by atoms with E-state index in [2.05, 4.69) is 0 Å². The molecule has 0 unspecified atom stereocenters. The molecule has 0 amide bonds. The zero-order valence-electron chi connectivity index (χ0n) is 9.63. The second-order valence-electron chi connectivity index (χ2n) is 4.21. The number of hydrogen-bond acceptors (Lipinski definition) is 0. The van der Waals surface area contributed by atoms with Gasteiger partial charge in [-0.3, -0.25) is 0 Å². The van der Waals surface area contributed by atoms with E-state index >= 15 is 0 Å². The van der Waals surface area contributed by atoms with Crippen LogP contribution in [0.1, 0.15) is 57.8 Å². The monoisotopic (exact) mass is 360 g/mol. The standard InChI is InChI=1S/C11H18Cl6/c12-10(13,14)8-6-4-2-1-3-5-7-9-11(15,16)17/h1-9H2. The van der Waals surface area contributed by atoms with Gasteiger partial charge < -0.3 is 0 Å². The van der Waals surface area contributed by atoms with Gasteiger partial charge in [0.15, 0.2) is 7.59 Å². The van der Waals surface area contributed by atoms with Crippen LogP contribution in [-0.2, 0) is 0 Å². The van der Waals surface area contributed by atoms with Gasteiger partial charge in [-0.25, -0.2) is 0 Å². The highest BCUT2D eigenvalue weighted by molar-refractivity contribution is 6.67. The summed E-state index contributed by atoms with van der Waals surface area (Å²) in [5.74, 6) is 0. The minimum atomic E-state index is -1.09. The van der Waals surface area contributed by atoms with Crippen LogP contribution in [0.2, 0.25) is 0 Å². The second-order valence-corrected chi connectivity index (χ2v) is 9.24. The summed E-state index contributed by atoms with van der Waals surface area (Å²) in [5.41, 5.74) is 0. The topological polar surface area (TPSA) is 0 Å². The summed E-state index contributed by atoms with van der Waals surface area (Å²) in [7, 11) is 0. The first-order valence-electron chi connectivity index (χ1n) is 5.84. The van der Waals surface area contributed by atoms with E-state index in [-0.39, 0.29) is 0 Å². The molecule has 0 aliphatic heterocycles. The molecule has 0 N–H and O–H groups in total. The molecule has 104 valence electrons. The predicted molar refractivity (Wildman–Crippen MR) is 82.1 cm³/mol. The summed E-state index contributed by atoms with van der Waals surface area (Å²) in [6, 6.07) is 0. The Labute approximate surface area is 134 Å². The fourth-order valence-corrected chi connectivity index (χ4v) is 2.34. The van der Waals surface area contributed by atoms with E-state index in [0.29, 0.717) is 12.8 Å². The van der Waals surface area contributed by atoms with Gasteiger partial charge in [0.25, 0.3) is 0 Å². The van der Waals surface area contributed by atoms with Crippen LogP contribution in [0.25, 0.3) is 0 Å². The van der Waals surface area contributed by atoms with Crippen molar-refractivity contribution in [2.75, 3.05) is 0 Å². The zero-order valence-corrected chi connectivity index (χ0v) is 14.2. The first kappa shape index (κ1) is 18.7. The molecular formula is C11H18Cl6. The van der Waals surface area contributed by atoms with Crippen LogP contribution < -0.4 is 0 Å². The van der Waals surface area contributed by atoms with E-state index in [1.807, 2.05) is 0 Å². The maximum absolute atomic E-state index is 5.65. The van der Waals surface area contributed by atoms with Crippen molar-refractivity contribution in [3.05, 3.63) is 0 Å². The van der Waals surface area contributed by atoms with Crippen LogP contribution >= 0.6 is 69.6 Å². The van der Waals surface area contributed by atoms with Gasteiger partial charge in [-0.1, -0.05) is 102 Å². The lowest BCUT2D eigenvalue weighted by Crippen LogP contribution is -2.01. The van der Waals surface area contributed by atoms with Crippen molar-refractivity contribution >= 4 is 69.6 Å². The Morgan fingerprint density at radius 2 is 0.647 bits per heavy atom. The van der Waals surface area contributed by atoms with Crippen molar-refractivity contribution in [3.8, 4) is 0 Å². The normalized spacial score (nSPS) is 13.1. The van der Waals surface area contributed by atoms with Gasteiger partial charge in [0.05, 0.1) is 0 Å². The Hall–Kier alpha value is 1.74. The minimum absolute atomic E-state index is 0.630. The van der Waals surface area contributed by atoms with Crippen molar-refractivity contribution in [2.24, 2.45) is 0 Å². The maximum Gasteiger partial charge on any atom is 0.190 e. The number of unbranched alkanes of at least 4 members (excludes halogenated alkanes) is 6. The predicted octanol–water partition coefficient (Wildman–Crippen LogP) is 7.24. The Morgan fingerprint density at radius 1 is 0.412 bits per heavy atom. The smallest absolute Gasteiger partial charge is 0.0837 e. The molecule has 0 aromatic rings. The fraction of sp³-hybridized carbons (Fsp3) is 1.00. The van der Waals surface area contributed by atoms with Crippen LogP contribution in [-0.4, -0.2) is 7.59 Å². The largest absolute Gasteiger partial charge is 0.190 e. The maximum atomic E-state index is 5.65. The van der Waals surface area contributed by atoms with Crippen LogP contribution in [0.15, 0.2) is 0 Å². The van der Waals surface area contributed by atoms with Gasteiger partial charge in [-0.15, -0.1) is 0 Å². The molecule has 0 aliphatic rings. The first-order chi connectivity index (χ1) is 7.71. The molecule has 0 radical (unpaired) electrons. The molecular weight excluding hydrogens is 345 g/mol. The molecule has 0 aromatic heterocycles. The third-order valence-corrected chi connectivity index (χ3v) is 3.55. The molecule has 0 saturated carbocycles. The highest BCUT2D eigenvalue weighted by Gasteiger charge is 2.18. The summed E-state index contributed by atoms with van der Waals surface area (Å²) in [5, 5.41) is 0. The third-order valence-electron chi connectivity index (χ3n) is 2.42. The Bertz CT molecular complexity index is 161. The van der Waals surface area contributed by atoms with Crippen molar-refractivity contribution in [1.29, 1.82) is 0 Å². The summed E-state index contributed by atoms with van der Waals surface area (Å²) < 4.78 is -2.19. The molecule has 0 spiro atoms. The molecule has 6 heteroatoms. The van der Waals surface area contributed by atoms with E-state index in [9.17, 15) is 0 Å². The number of rotatable bonds is 8. The quantitative estimate of drug-likeness (QED) is 0.315. The average Bonchev–Trinajstić information content (AvgIpc) is 2.11. The summed E-state index contributed by atoms with van der Waals surface area (Å²) in [6.07, 6.45) is 8.95. The lowest BCUT2D eigenvalue weighted by molar-refractivity contribution is 0.562. The van der Waals surface area contributed by atoms with Crippen LogP contribution in [0.4, 0.5) is 0 Å². The van der Waals surface area contributed by atoms with Crippen molar-refractivity contribution < 1.29 is 0 Å². The zero-order chi connectivity index (χ0) is 13.4. The van der Waals surface area contributed by atoms with Gasteiger partial charge in [-0.05, 0) is 25.7 Å². The third kappa shape index (κ3) is 17.7. The van der Waals surface area contributed by atoms with Gasteiger partial charge in [0.1, 0.15) is 0 Å². The highest BCUT2D eigenvalue weighted by atomic mass is 35.6. The van der Waals surface area contributed by atoms with E-state index in [0.717, 1.165) is 25.7 Å². The number of alkyl halides is 6. The fourth-order valence-electron chi connectivity index (χ4n) is 1.53. The van der Waals surface area contributed by atoms with Gasteiger partial charge in [-0.2, -0.15) is 0 Å². The summed E-state index contributed by atoms with van der Waals surface area (Å²) >= 11 is 33.9. The highest BCUT2D eigenvalue weighted by Crippen LogP contribution is 2.33. The molecule has 0 nitrogen and oxygen atoms in total. The van der Waals surface area contributed by atoms with E-state index in [4.69, 9.17) is 69.6 Å². The molecule has 0 saturated heterocycles. The Kier molecular flexibility index (Phi) is 10.6. The van der Waals surface area contributed by atoms with Gasteiger partial charge in [0.2, 0.25) is 0 Å².